The minimum absolute atomic E-state index is 0.169. The van der Waals surface area contributed by atoms with Gasteiger partial charge in [0.25, 0.3) is 0 Å². The quantitative estimate of drug-likeness (QED) is 0.376. The first-order valence-corrected chi connectivity index (χ1v) is 11.2. The first-order chi connectivity index (χ1) is 15.4. The number of esters is 4. The van der Waals surface area contributed by atoms with Gasteiger partial charge in [-0.1, -0.05) is 6.58 Å². The molecule has 9 nitrogen and oxygen atoms in total. The molecular formula is C24H28O9. The Morgan fingerprint density at radius 3 is 2.55 bits per heavy atom. The summed E-state index contributed by atoms with van der Waals surface area (Å²) in [5.41, 5.74) is -4.44. The number of aliphatic hydroxyl groups is 1. The van der Waals surface area contributed by atoms with Crippen molar-refractivity contribution >= 4 is 23.9 Å². The Labute approximate surface area is 191 Å². The van der Waals surface area contributed by atoms with Gasteiger partial charge in [-0.3, -0.25) is 19.2 Å². The van der Waals surface area contributed by atoms with Crippen molar-refractivity contribution in [2.45, 2.75) is 63.4 Å². The maximum atomic E-state index is 13.4. The van der Waals surface area contributed by atoms with Gasteiger partial charge in [0.1, 0.15) is 22.7 Å². The molecular weight excluding hydrogens is 432 g/mol. The third kappa shape index (κ3) is 2.31. The van der Waals surface area contributed by atoms with Crippen molar-refractivity contribution < 1.29 is 43.2 Å². The lowest BCUT2D eigenvalue weighted by molar-refractivity contribution is -0.174. The molecule has 2 unspecified atom stereocenters. The lowest BCUT2D eigenvalue weighted by atomic mass is 9.60. The normalized spacial score (nSPS) is 48.6. The molecule has 178 valence electrons. The maximum absolute atomic E-state index is 13.4. The van der Waals surface area contributed by atoms with Crippen molar-refractivity contribution in [2.75, 3.05) is 7.11 Å². The third-order valence-corrected chi connectivity index (χ3v) is 9.01. The number of hydrogen-bond donors (Lipinski definition) is 1. The lowest BCUT2D eigenvalue weighted by Crippen LogP contribution is -2.52. The summed E-state index contributed by atoms with van der Waals surface area (Å²) in [6, 6.07) is 0. The molecule has 5 aliphatic rings. The number of carbonyl (C=O) groups is 4. The number of rotatable bonds is 3. The Morgan fingerprint density at radius 1 is 1.24 bits per heavy atom. The Morgan fingerprint density at radius 2 is 1.94 bits per heavy atom. The highest BCUT2D eigenvalue weighted by atomic mass is 16.6. The fraction of sp³-hybridized carbons (Fsp3) is 0.667. The maximum Gasteiger partial charge on any atom is 0.317 e. The summed E-state index contributed by atoms with van der Waals surface area (Å²) in [4.78, 5) is 50.5. The zero-order valence-corrected chi connectivity index (χ0v) is 19.1. The molecule has 1 heterocycles. The molecule has 9 atom stereocenters. The van der Waals surface area contributed by atoms with Gasteiger partial charge < -0.3 is 24.1 Å². The molecule has 4 bridgehead atoms. The topological polar surface area (TPSA) is 125 Å². The van der Waals surface area contributed by atoms with Gasteiger partial charge in [-0.15, -0.1) is 0 Å². The van der Waals surface area contributed by atoms with Crippen LogP contribution in [0.25, 0.3) is 0 Å². The van der Waals surface area contributed by atoms with Gasteiger partial charge in [0.2, 0.25) is 0 Å². The molecule has 1 aliphatic heterocycles. The highest BCUT2D eigenvalue weighted by Gasteiger charge is 2.86. The smallest absolute Gasteiger partial charge is 0.317 e. The molecule has 9 heteroatoms. The van der Waals surface area contributed by atoms with Crippen LogP contribution < -0.4 is 0 Å². The van der Waals surface area contributed by atoms with Gasteiger partial charge in [0, 0.05) is 37.5 Å². The molecule has 0 aromatic rings. The zero-order chi connectivity index (χ0) is 24.1. The Bertz CT molecular complexity index is 1030. The van der Waals surface area contributed by atoms with Crippen LogP contribution in [0.4, 0.5) is 0 Å². The summed E-state index contributed by atoms with van der Waals surface area (Å²) in [6.07, 6.45) is 2.23. The molecule has 4 aliphatic carbocycles. The molecule has 1 N–H and O–H groups in total. The summed E-state index contributed by atoms with van der Waals surface area (Å²) in [5, 5.41) is 11.6. The van der Waals surface area contributed by atoms with E-state index in [0.717, 1.165) is 0 Å². The van der Waals surface area contributed by atoms with Gasteiger partial charge in [-0.2, -0.15) is 0 Å². The van der Waals surface area contributed by atoms with Crippen LogP contribution in [0, 0.1) is 28.6 Å². The zero-order valence-electron chi connectivity index (χ0n) is 19.1. The highest BCUT2D eigenvalue weighted by Crippen LogP contribution is 2.78. The van der Waals surface area contributed by atoms with E-state index in [4.69, 9.17) is 18.9 Å². The van der Waals surface area contributed by atoms with E-state index in [9.17, 15) is 24.3 Å². The van der Waals surface area contributed by atoms with Crippen molar-refractivity contribution in [1.82, 2.24) is 0 Å². The number of methoxy groups -OCH3 is 1. The van der Waals surface area contributed by atoms with E-state index in [1.165, 1.54) is 21.0 Å². The number of hydrogen-bond acceptors (Lipinski definition) is 9. The van der Waals surface area contributed by atoms with Crippen molar-refractivity contribution in [3.63, 3.8) is 0 Å². The Balaban J connectivity index is 1.73. The first-order valence-electron chi connectivity index (χ1n) is 11.2. The predicted molar refractivity (Wildman–Crippen MR) is 110 cm³/mol. The van der Waals surface area contributed by atoms with Crippen LogP contribution in [0.3, 0.4) is 0 Å². The van der Waals surface area contributed by atoms with Crippen molar-refractivity contribution in [2.24, 2.45) is 28.6 Å². The van der Waals surface area contributed by atoms with Gasteiger partial charge in [-0.05, 0) is 37.5 Å². The lowest BCUT2D eigenvalue weighted by Gasteiger charge is -2.46. The molecule has 0 radical (unpaired) electrons. The highest BCUT2D eigenvalue weighted by molar-refractivity contribution is 5.87. The van der Waals surface area contributed by atoms with E-state index in [0.29, 0.717) is 18.4 Å². The van der Waals surface area contributed by atoms with Crippen LogP contribution >= 0.6 is 0 Å². The van der Waals surface area contributed by atoms with E-state index in [1.54, 1.807) is 19.1 Å². The van der Waals surface area contributed by atoms with Gasteiger partial charge >= 0.3 is 23.9 Å². The number of aliphatic hydroxyl groups excluding tert-OH is 1. The van der Waals surface area contributed by atoms with Gasteiger partial charge in [-0.25, -0.2) is 0 Å². The molecule has 0 amide bonds. The fourth-order valence-electron chi connectivity index (χ4n) is 8.00. The molecule has 1 spiro atoms. The molecule has 5 rings (SSSR count). The van der Waals surface area contributed by atoms with Crippen molar-refractivity contribution in [3.8, 4) is 0 Å². The van der Waals surface area contributed by atoms with E-state index in [1.807, 2.05) is 0 Å². The average Bonchev–Trinajstić information content (AvgIpc) is 3.15. The monoisotopic (exact) mass is 460 g/mol. The standard InChI is InChI=1S/C24H28O9/c1-11-18(27)23-10-22(11,32-13(3)26)8-6-14(23)24-9-7-15(31-12(2)25)21(4,20(29)33-24)17(24)16(23)19(28)30-5/h7,9,14-18,27H,1,6,8,10H2,2-5H3/t14-,15+,16-,17?,18?,21-,22+,23-,24-/m1/s1. The molecule has 4 fully saturated rings. The van der Waals surface area contributed by atoms with E-state index < -0.39 is 75.9 Å². The van der Waals surface area contributed by atoms with Crippen molar-refractivity contribution in [3.05, 3.63) is 24.3 Å². The fourth-order valence-corrected chi connectivity index (χ4v) is 8.00. The predicted octanol–water partition coefficient (Wildman–Crippen LogP) is 1.23. The van der Waals surface area contributed by atoms with Crippen LogP contribution in [0.1, 0.15) is 40.0 Å². The van der Waals surface area contributed by atoms with Crippen LogP contribution in [0.15, 0.2) is 24.3 Å². The van der Waals surface area contributed by atoms with Crippen molar-refractivity contribution in [1.29, 1.82) is 0 Å². The van der Waals surface area contributed by atoms with E-state index in [-0.39, 0.29) is 6.42 Å². The Hall–Kier alpha value is -2.68. The van der Waals surface area contributed by atoms with Gasteiger partial charge in [0.05, 0.1) is 19.1 Å². The molecule has 33 heavy (non-hydrogen) atoms. The Kier molecular flexibility index (Phi) is 4.33. The van der Waals surface area contributed by atoms with E-state index in [2.05, 4.69) is 6.58 Å². The minimum Gasteiger partial charge on any atom is -0.469 e. The van der Waals surface area contributed by atoms with Crippen LogP contribution in [-0.2, 0) is 38.1 Å². The number of ether oxygens (including phenoxy) is 4. The second-order valence-corrected chi connectivity index (χ2v) is 10.3. The summed E-state index contributed by atoms with van der Waals surface area (Å²) in [5.74, 6) is -4.40. The first kappa shape index (κ1) is 22.1. The van der Waals surface area contributed by atoms with Gasteiger partial charge in [0.15, 0.2) is 0 Å². The van der Waals surface area contributed by atoms with Crippen LogP contribution in [-0.4, -0.2) is 59.5 Å². The van der Waals surface area contributed by atoms with Crippen LogP contribution in [0.2, 0.25) is 0 Å². The van der Waals surface area contributed by atoms with Crippen LogP contribution in [0.5, 0.6) is 0 Å². The third-order valence-electron chi connectivity index (χ3n) is 9.01. The number of fused-ring (bicyclic) bond motifs is 1. The molecule has 0 aromatic heterocycles. The molecule has 0 aromatic carbocycles. The summed E-state index contributed by atoms with van der Waals surface area (Å²) in [7, 11) is 1.26. The molecule has 3 saturated carbocycles. The second kappa shape index (κ2) is 6.46. The SMILES string of the molecule is C=C1C(O)[C@]23C[C@@]1(OC(C)=O)CC[C@H]2[C@@]12C=C[C@H](OC(C)=O)[C@@](C)(C(=O)O1)C2[C@@H]3C(=O)OC. The second-order valence-electron chi connectivity index (χ2n) is 10.3. The van der Waals surface area contributed by atoms with E-state index >= 15 is 0 Å². The average molecular weight is 460 g/mol. The number of carbonyl (C=O) groups excluding carboxylic acids is 4. The largest absolute Gasteiger partial charge is 0.469 e. The summed E-state index contributed by atoms with van der Waals surface area (Å²) in [6.45, 7) is 8.26. The minimum atomic E-state index is -1.36. The summed E-state index contributed by atoms with van der Waals surface area (Å²) < 4.78 is 22.5. The summed E-state index contributed by atoms with van der Waals surface area (Å²) >= 11 is 0. The molecule has 1 saturated heterocycles.